The SMILES string of the molecule is Cc1ccccc1C(=O)c1cc2cc(Br)cc(C)c2o1. The second kappa shape index (κ2) is 4.91. The molecule has 0 atom stereocenters. The van der Waals surface area contributed by atoms with Crippen LogP contribution in [0.15, 0.2) is 51.4 Å². The van der Waals surface area contributed by atoms with E-state index in [1.165, 1.54) is 0 Å². The van der Waals surface area contributed by atoms with Gasteiger partial charge in [0, 0.05) is 15.4 Å². The average molecular weight is 329 g/mol. The molecule has 2 aromatic carbocycles. The number of carbonyl (C=O) groups excluding carboxylic acids is 1. The highest BCUT2D eigenvalue weighted by molar-refractivity contribution is 9.10. The van der Waals surface area contributed by atoms with Crippen LogP contribution in [0.3, 0.4) is 0 Å². The molecule has 2 nitrogen and oxygen atoms in total. The number of ketones is 1. The first-order chi connectivity index (χ1) is 9.56. The lowest BCUT2D eigenvalue weighted by Gasteiger charge is -2.01. The molecule has 3 aromatic rings. The Morgan fingerprint density at radius 1 is 1.05 bits per heavy atom. The molecule has 0 aliphatic heterocycles. The minimum absolute atomic E-state index is 0.0742. The van der Waals surface area contributed by atoms with Crippen LogP contribution in [0, 0.1) is 13.8 Å². The largest absolute Gasteiger partial charge is 0.452 e. The Hall–Kier alpha value is -1.87. The molecule has 0 bridgehead atoms. The van der Waals surface area contributed by atoms with E-state index in [0.29, 0.717) is 11.3 Å². The summed E-state index contributed by atoms with van der Waals surface area (Å²) in [6.45, 7) is 3.90. The maximum atomic E-state index is 12.5. The van der Waals surface area contributed by atoms with Crippen molar-refractivity contribution < 1.29 is 9.21 Å². The van der Waals surface area contributed by atoms with Crippen molar-refractivity contribution in [3.05, 3.63) is 69.4 Å². The van der Waals surface area contributed by atoms with Crippen molar-refractivity contribution in [2.75, 3.05) is 0 Å². The van der Waals surface area contributed by atoms with Gasteiger partial charge in [-0.15, -0.1) is 0 Å². The van der Waals surface area contributed by atoms with E-state index < -0.39 is 0 Å². The van der Waals surface area contributed by atoms with Crippen LogP contribution >= 0.6 is 15.9 Å². The van der Waals surface area contributed by atoms with Gasteiger partial charge in [-0.05, 0) is 43.2 Å². The zero-order valence-electron chi connectivity index (χ0n) is 11.2. The van der Waals surface area contributed by atoms with Crippen molar-refractivity contribution in [1.29, 1.82) is 0 Å². The summed E-state index contributed by atoms with van der Waals surface area (Å²) in [5, 5.41) is 0.939. The Morgan fingerprint density at radius 3 is 2.55 bits per heavy atom. The molecule has 0 amide bonds. The predicted octanol–water partition coefficient (Wildman–Crippen LogP) is 5.04. The van der Waals surface area contributed by atoms with Gasteiger partial charge >= 0.3 is 0 Å². The van der Waals surface area contributed by atoms with Crippen LogP contribution in [-0.4, -0.2) is 5.78 Å². The van der Waals surface area contributed by atoms with Crippen molar-refractivity contribution in [3.8, 4) is 0 Å². The normalized spacial score (nSPS) is 10.9. The lowest BCUT2D eigenvalue weighted by Crippen LogP contribution is -2.01. The standard InChI is InChI=1S/C17H13BrO2/c1-10-5-3-4-6-14(10)16(19)15-9-12-8-13(18)7-11(2)17(12)20-15/h3-9H,1-2H3. The van der Waals surface area contributed by atoms with Crippen LogP contribution in [0.1, 0.15) is 27.2 Å². The Labute approximate surface area is 125 Å². The Kier molecular flexibility index (Phi) is 3.22. The summed E-state index contributed by atoms with van der Waals surface area (Å²) in [4.78, 5) is 12.5. The molecule has 0 saturated heterocycles. The van der Waals surface area contributed by atoms with Gasteiger partial charge in [0.25, 0.3) is 0 Å². The van der Waals surface area contributed by atoms with Crippen LogP contribution < -0.4 is 0 Å². The summed E-state index contributed by atoms with van der Waals surface area (Å²) in [6, 6.07) is 13.3. The molecule has 0 aliphatic rings. The van der Waals surface area contributed by atoms with Crippen molar-refractivity contribution in [3.63, 3.8) is 0 Å². The molecule has 100 valence electrons. The first kappa shape index (κ1) is 13.1. The van der Waals surface area contributed by atoms with Gasteiger partial charge in [-0.25, -0.2) is 0 Å². The monoisotopic (exact) mass is 328 g/mol. The molecule has 3 heteroatoms. The van der Waals surface area contributed by atoms with E-state index in [0.717, 1.165) is 26.6 Å². The van der Waals surface area contributed by atoms with E-state index in [4.69, 9.17) is 4.42 Å². The van der Waals surface area contributed by atoms with Gasteiger partial charge in [0.2, 0.25) is 5.78 Å². The molecular weight excluding hydrogens is 316 g/mol. The first-order valence-corrected chi connectivity index (χ1v) is 7.15. The number of fused-ring (bicyclic) bond motifs is 1. The number of aryl methyl sites for hydroxylation is 2. The second-order valence-corrected chi connectivity index (χ2v) is 5.81. The molecule has 20 heavy (non-hydrogen) atoms. The van der Waals surface area contributed by atoms with Crippen molar-refractivity contribution in [2.24, 2.45) is 0 Å². The molecule has 3 rings (SSSR count). The van der Waals surface area contributed by atoms with Gasteiger partial charge in [0.1, 0.15) is 5.58 Å². The number of hydrogen-bond acceptors (Lipinski definition) is 2. The van der Waals surface area contributed by atoms with E-state index in [1.807, 2.05) is 56.3 Å². The Bertz CT molecular complexity index is 815. The fraction of sp³-hybridized carbons (Fsp3) is 0.118. The molecular formula is C17H13BrO2. The van der Waals surface area contributed by atoms with Gasteiger partial charge in [-0.2, -0.15) is 0 Å². The Morgan fingerprint density at radius 2 is 1.80 bits per heavy atom. The number of rotatable bonds is 2. The van der Waals surface area contributed by atoms with Gasteiger partial charge in [-0.1, -0.05) is 40.2 Å². The van der Waals surface area contributed by atoms with E-state index >= 15 is 0 Å². The third-order valence-electron chi connectivity index (χ3n) is 3.38. The van der Waals surface area contributed by atoms with Crippen LogP contribution in [0.5, 0.6) is 0 Å². The number of halogens is 1. The summed E-state index contributed by atoms with van der Waals surface area (Å²) >= 11 is 3.46. The predicted molar refractivity (Wildman–Crippen MR) is 83.3 cm³/mol. The van der Waals surface area contributed by atoms with E-state index in [-0.39, 0.29) is 5.78 Å². The summed E-state index contributed by atoms with van der Waals surface area (Å²) in [5.41, 5.74) is 3.42. The molecule has 0 unspecified atom stereocenters. The highest BCUT2D eigenvalue weighted by atomic mass is 79.9. The number of furan rings is 1. The first-order valence-electron chi connectivity index (χ1n) is 6.36. The molecule has 0 fully saturated rings. The molecule has 0 aliphatic carbocycles. The lowest BCUT2D eigenvalue weighted by atomic mass is 10.0. The zero-order chi connectivity index (χ0) is 14.3. The highest BCUT2D eigenvalue weighted by Gasteiger charge is 2.17. The van der Waals surface area contributed by atoms with E-state index in [1.54, 1.807) is 0 Å². The van der Waals surface area contributed by atoms with Crippen molar-refractivity contribution in [2.45, 2.75) is 13.8 Å². The molecule has 0 N–H and O–H groups in total. The zero-order valence-corrected chi connectivity index (χ0v) is 12.8. The highest BCUT2D eigenvalue weighted by Crippen LogP contribution is 2.28. The maximum Gasteiger partial charge on any atom is 0.228 e. The van der Waals surface area contributed by atoms with Crippen LogP contribution in [0.4, 0.5) is 0 Å². The van der Waals surface area contributed by atoms with Crippen LogP contribution in [0.25, 0.3) is 11.0 Å². The van der Waals surface area contributed by atoms with Gasteiger partial charge in [-0.3, -0.25) is 4.79 Å². The molecule has 0 saturated carbocycles. The third kappa shape index (κ3) is 2.18. The number of benzene rings is 2. The minimum atomic E-state index is -0.0742. The lowest BCUT2D eigenvalue weighted by molar-refractivity contribution is 0.101. The van der Waals surface area contributed by atoms with Gasteiger partial charge in [0.15, 0.2) is 5.76 Å². The molecule has 1 aromatic heterocycles. The topological polar surface area (TPSA) is 30.2 Å². The Balaban J connectivity index is 2.14. The van der Waals surface area contributed by atoms with Gasteiger partial charge in [0.05, 0.1) is 0 Å². The van der Waals surface area contributed by atoms with Crippen LogP contribution in [-0.2, 0) is 0 Å². The van der Waals surface area contributed by atoms with Crippen molar-refractivity contribution >= 4 is 32.7 Å². The van der Waals surface area contributed by atoms with E-state index in [2.05, 4.69) is 15.9 Å². The number of carbonyl (C=O) groups is 1. The van der Waals surface area contributed by atoms with Crippen molar-refractivity contribution in [1.82, 2.24) is 0 Å². The summed E-state index contributed by atoms with van der Waals surface area (Å²) in [6.07, 6.45) is 0. The molecule has 1 heterocycles. The summed E-state index contributed by atoms with van der Waals surface area (Å²) in [5.74, 6) is 0.310. The molecule has 0 spiro atoms. The van der Waals surface area contributed by atoms with Gasteiger partial charge < -0.3 is 4.42 Å². The smallest absolute Gasteiger partial charge is 0.228 e. The van der Waals surface area contributed by atoms with E-state index in [9.17, 15) is 4.79 Å². The van der Waals surface area contributed by atoms with Crippen LogP contribution in [0.2, 0.25) is 0 Å². The fourth-order valence-corrected chi connectivity index (χ4v) is 2.95. The summed E-state index contributed by atoms with van der Waals surface area (Å²) < 4.78 is 6.74. The average Bonchev–Trinajstić information content (AvgIpc) is 2.82. The third-order valence-corrected chi connectivity index (χ3v) is 3.84. The number of hydrogen-bond donors (Lipinski definition) is 0. The minimum Gasteiger partial charge on any atom is -0.452 e. The molecule has 0 radical (unpaired) electrons. The fourth-order valence-electron chi connectivity index (χ4n) is 2.36. The quantitative estimate of drug-likeness (QED) is 0.616. The summed E-state index contributed by atoms with van der Waals surface area (Å²) in [7, 11) is 0. The second-order valence-electron chi connectivity index (χ2n) is 4.90. The maximum absolute atomic E-state index is 12.5.